The lowest BCUT2D eigenvalue weighted by Gasteiger charge is -2.20. The molecule has 1 heterocycles. The third-order valence-electron chi connectivity index (χ3n) is 5.92. The van der Waals surface area contributed by atoms with Gasteiger partial charge in [0.2, 0.25) is 0 Å². The van der Waals surface area contributed by atoms with E-state index in [9.17, 15) is 17.6 Å². The van der Waals surface area contributed by atoms with E-state index in [1.54, 1.807) is 19.1 Å². The number of nitrogens with one attached hydrogen (secondary N) is 1. The van der Waals surface area contributed by atoms with Crippen LogP contribution in [0.1, 0.15) is 16.7 Å². The Morgan fingerprint density at radius 1 is 1.07 bits per heavy atom. The number of aryl methyl sites for hydroxylation is 1. The summed E-state index contributed by atoms with van der Waals surface area (Å²) < 4.78 is 54.3. The van der Waals surface area contributed by atoms with Crippen molar-refractivity contribution in [2.45, 2.75) is 26.4 Å². The molecule has 1 N–H and O–H groups in total. The fourth-order valence-electron chi connectivity index (χ4n) is 4.47. The van der Waals surface area contributed by atoms with E-state index < -0.39 is 6.36 Å². The Morgan fingerprint density at radius 2 is 1.83 bits per heavy atom. The topological polar surface area (TPSA) is 24.5 Å². The van der Waals surface area contributed by atoms with Crippen LogP contribution < -0.4 is 10.1 Å². The summed E-state index contributed by atoms with van der Waals surface area (Å²) >= 11 is 0. The van der Waals surface area contributed by atoms with Gasteiger partial charge in [0.05, 0.1) is 0 Å². The molecule has 2 aromatic rings. The molecule has 2 aromatic carbocycles. The van der Waals surface area contributed by atoms with Crippen LogP contribution in [0.15, 0.2) is 42.5 Å². The Morgan fingerprint density at radius 3 is 2.52 bits per heavy atom. The van der Waals surface area contributed by atoms with Gasteiger partial charge in [-0.2, -0.15) is 0 Å². The van der Waals surface area contributed by atoms with Crippen LogP contribution in [0.4, 0.5) is 17.6 Å². The summed E-state index contributed by atoms with van der Waals surface area (Å²) in [5.41, 5.74) is 2.59. The van der Waals surface area contributed by atoms with Gasteiger partial charge in [0, 0.05) is 26.2 Å². The zero-order chi connectivity index (χ0) is 20.6. The van der Waals surface area contributed by atoms with Gasteiger partial charge in [0.1, 0.15) is 11.6 Å². The highest BCUT2D eigenvalue weighted by atomic mass is 19.4. The predicted molar refractivity (Wildman–Crippen MR) is 102 cm³/mol. The molecule has 1 saturated carbocycles. The minimum absolute atomic E-state index is 0.167. The van der Waals surface area contributed by atoms with Crippen molar-refractivity contribution in [2.24, 2.45) is 17.8 Å². The lowest BCUT2D eigenvalue weighted by Crippen LogP contribution is -2.27. The standard InChI is InChI=1S/C22H24F4N2O/c1-14-7-16(5-6-21(14)23)11-28-12-19-18(20(19)13-28)10-27-9-15-3-2-4-17(8-15)29-22(24,25)26/h2-8,18-20,27H,9-13H2,1H3. The first-order valence-corrected chi connectivity index (χ1v) is 9.81. The lowest BCUT2D eigenvalue weighted by molar-refractivity contribution is -0.274. The van der Waals surface area contributed by atoms with Crippen molar-refractivity contribution in [1.29, 1.82) is 0 Å². The number of ether oxygens (including phenoxy) is 1. The van der Waals surface area contributed by atoms with Gasteiger partial charge in [0.25, 0.3) is 0 Å². The first-order chi connectivity index (χ1) is 13.8. The van der Waals surface area contributed by atoms with E-state index in [0.717, 1.165) is 37.3 Å². The van der Waals surface area contributed by atoms with Crippen molar-refractivity contribution in [3.63, 3.8) is 0 Å². The monoisotopic (exact) mass is 408 g/mol. The van der Waals surface area contributed by atoms with E-state index in [2.05, 4.69) is 15.0 Å². The van der Waals surface area contributed by atoms with E-state index in [1.165, 1.54) is 18.2 Å². The van der Waals surface area contributed by atoms with Crippen molar-refractivity contribution in [1.82, 2.24) is 10.2 Å². The largest absolute Gasteiger partial charge is 0.573 e. The maximum atomic E-state index is 13.4. The molecule has 2 unspecified atom stereocenters. The number of halogens is 4. The van der Waals surface area contributed by atoms with Gasteiger partial charge < -0.3 is 10.1 Å². The predicted octanol–water partition coefficient (Wildman–Crippen LogP) is 4.50. The van der Waals surface area contributed by atoms with E-state index in [1.807, 2.05) is 12.1 Å². The number of piperidine rings is 1. The van der Waals surface area contributed by atoms with Gasteiger partial charge in [-0.1, -0.05) is 24.3 Å². The third kappa shape index (κ3) is 5.08. The van der Waals surface area contributed by atoms with Crippen LogP contribution in [-0.2, 0) is 13.1 Å². The number of hydrogen-bond acceptors (Lipinski definition) is 3. The van der Waals surface area contributed by atoms with Crippen LogP contribution in [0.5, 0.6) is 5.75 Å². The summed E-state index contributed by atoms with van der Waals surface area (Å²) in [6.45, 7) is 6.10. The van der Waals surface area contributed by atoms with Crippen LogP contribution in [0.2, 0.25) is 0 Å². The van der Waals surface area contributed by atoms with Crippen molar-refractivity contribution >= 4 is 0 Å². The van der Waals surface area contributed by atoms with E-state index in [4.69, 9.17) is 0 Å². The first-order valence-electron chi connectivity index (χ1n) is 9.81. The number of alkyl halides is 3. The summed E-state index contributed by atoms with van der Waals surface area (Å²) in [6, 6.07) is 11.4. The normalized spacial score (nSPS) is 23.8. The highest BCUT2D eigenvalue weighted by Crippen LogP contribution is 2.51. The lowest BCUT2D eigenvalue weighted by atomic mass is 10.1. The minimum Gasteiger partial charge on any atom is -0.406 e. The number of rotatable bonds is 7. The zero-order valence-electron chi connectivity index (χ0n) is 16.2. The van der Waals surface area contributed by atoms with Crippen LogP contribution >= 0.6 is 0 Å². The summed E-state index contributed by atoms with van der Waals surface area (Å²) in [4.78, 5) is 2.41. The maximum Gasteiger partial charge on any atom is 0.573 e. The summed E-state index contributed by atoms with van der Waals surface area (Å²) in [7, 11) is 0. The SMILES string of the molecule is Cc1cc(CN2CC3C(CNCc4cccc(OC(F)(F)F)c4)C3C2)ccc1F. The van der Waals surface area contributed by atoms with Crippen LogP contribution in [0, 0.1) is 30.5 Å². The molecule has 4 rings (SSSR count). The van der Waals surface area contributed by atoms with Gasteiger partial charge in [-0.05, 0) is 66.1 Å². The molecule has 0 amide bonds. The summed E-state index contributed by atoms with van der Waals surface area (Å²) in [5, 5.41) is 3.36. The molecule has 0 bridgehead atoms. The van der Waals surface area contributed by atoms with E-state index in [-0.39, 0.29) is 11.6 Å². The smallest absolute Gasteiger partial charge is 0.406 e. The van der Waals surface area contributed by atoms with Gasteiger partial charge in [-0.25, -0.2) is 4.39 Å². The minimum atomic E-state index is -4.67. The third-order valence-corrected chi connectivity index (χ3v) is 5.92. The fourth-order valence-corrected chi connectivity index (χ4v) is 4.47. The molecule has 2 atom stereocenters. The molecule has 0 radical (unpaired) electrons. The second kappa shape index (κ2) is 7.95. The van der Waals surface area contributed by atoms with Crippen LogP contribution in [-0.4, -0.2) is 30.9 Å². The number of likely N-dealkylation sites (tertiary alicyclic amines) is 1. The average Bonchev–Trinajstić information content (AvgIpc) is 3.08. The molecular formula is C22H24F4N2O. The molecule has 2 fully saturated rings. The molecule has 0 aromatic heterocycles. The Kier molecular flexibility index (Phi) is 5.53. The Balaban J connectivity index is 1.19. The molecule has 7 heteroatoms. The van der Waals surface area contributed by atoms with Gasteiger partial charge in [0.15, 0.2) is 0 Å². The second-order valence-corrected chi connectivity index (χ2v) is 8.10. The fraction of sp³-hybridized carbons (Fsp3) is 0.455. The number of benzene rings is 2. The highest BCUT2D eigenvalue weighted by Gasteiger charge is 2.54. The quantitative estimate of drug-likeness (QED) is 0.683. The first kappa shape index (κ1) is 20.2. The Labute approximate surface area is 167 Å². The molecule has 1 saturated heterocycles. The second-order valence-electron chi connectivity index (χ2n) is 8.10. The molecule has 156 valence electrons. The summed E-state index contributed by atoms with van der Waals surface area (Å²) in [6.07, 6.45) is -4.67. The van der Waals surface area contributed by atoms with Gasteiger partial charge in [-0.15, -0.1) is 13.2 Å². The molecule has 3 nitrogen and oxygen atoms in total. The number of nitrogens with zero attached hydrogens (tertiary/aromatic N) is 1. The highest BCUT2D eigenvalue weighted by molar-refractivity contribution is 5.28. The molecule has 29 heavy (non-hydrogen) atoms. The summed E-state index contributed by atoms with van der Waals surface area (Å²) in [5.74, 6) is 1.61. The molecule has 1 aliphatic heterocycles. The molecule has 2 aliphatic rings. The zero-order valence-corrected chi connectivity index (χ0v) is 16.2. The molecule has 0 spiro atoms. The van der Waals surface area contributed by atoms with Crippen LogP contribution in [0.3, 0.4) is 0 Å². The average molecular weight is 408 g/mol. The van der Waals surface area contributed by atoms with Crippen molar-refractivity contribution in [2.75, 3.05) is 19.6 Å². The van der Waals surface area contributed by atoms with Crippen molar-refractivity contribution in [3.8, 4) is 5.75 Å². The van der Waals surface area contributed by atoms with Crippen molar-refractivity contribution < 1.29 is 22.3 Å². The number of fused-ring (bicyclic) bond motifs is 1. The van der Waals surface area contributed by atoms with Gasteiger partial charge in [-0.3, -0.25) is 4.90 Å². The Hall–Kier alpha value is -2.12. The maximum absolute atomic E-state index is 13.4. The number of hydrogen-bond donors (Lipinski definition) is 1. The van der Waals surface area contributed by atoms with Crippen LogP contribution in [0.25, 0.3) is 0 Å². The van der Waals surface area contributed by atoms with Gasteiger partial charge >= 0.3 is 6.36 Å². The van der Waals surface area contributed by atoms with E-state index >= 15 is 0 Å². The Bertz CT molecular complexity index is 858. The molecular weight excluding hydrogens is 384 g/mol. The molecule has 1 aliphatic carbocycles. The van der Waals surface area contributed by atoms with Crippen molar-refractivity contribution in [3.05, 3.63) is 65.0 Å². The van der Waals surface area contributed by atoms with E-state index in [0.29, 0.717) is 29.9 Å².